The molecule has 0 atom stereocenters. The average Bonchev–Trinajstić information content (AvgIpc) is 2.61. The van der Waals surface area contributed by atoms with Crippen molar-refractivity contribution < 1.29 is 14.3 Å². The van der Waals surface area contributed by atoms with Gasteiger partial charge in [-0.15, -0.1) is 0 Å². The molecule has 23 heavy (non-hydrogen) atoms. The van der Waals surface area contributed by atoms with Crippen LogP contribution >= 0.6 is 0 Å². The van der Waals surface area contributed by atoms with Crippen molar-refractivity contribution in [2.45, 2.75) is 6.54 Å². The molecule has 0 saturated carbocycles. The van der Waals surface area contributed by atoms with Gasteiger partial charge in [0.2, 0.25) is 5.95 Å². The Morgan fingerprint density at radius 3 is 2.65 bits per heavy atom. The van der Waals surface area contributed by atoms with E-state index < -0.39 is 0 Å². The quantitative estimate of drug-likeness (QED) is 0.718. The minimum absolute atomic E-state index is 0.253. The van der Waals surface area contributed by atoms with Gasteiger partial charge in [0.15, 0.2) is 0 Å². The first kappa shape index (κ1) is 16.7. The van der Waals surface area contributed by atoms with Crippen molar-refractivity contribution >= 4 is 11.9 Å². The summed E-state index contributed by atoms with van der Waals surface area (Å²) < 4.78 is 10.0. The Balaban J connectivity index is 1.92. The number of nitrogens with one attached hydrogen (secondary N) is 2. The largest absolute Gasteiger partial charge is 0.497 e. The predicted octanol–water partition coefficient (Wildman–Crippen LogP) is 1.47. The highest BCUT2D eigenvalue weighted by atomic mass is 16.5. The maximum Gasteiger partial charge on any atom is 0.270 e. The fourth-order valence-electron chi connectivity index (χ4n) is 1.85. The van der Waals surface area contributed by atoms with E-state index in [4.69, 9.17) is 9.47 Å². The summed E-state index contributed by atoms with van der Waals surface area (Å²) in [5, 5.41) is 5.81. The number of rotatable bonds is 8. The minimum Gasteiger partial charge on any atom is -0.497 e. The summed E-state index contributed by atoms with van der Waals surface area (Å²) in [5.74, 6) is 0.955. The molecular weight excluding hydrogens is 296 g/mol. The van der Waals surface area contributed by atoms with Crippen molar-refractivity contribution in [1.82, 2.24) is 15.3 Å². The van der Waals surface area contributed by atoms with Crippen molar-refractivity contribution in [1.29, 1.82) is 0 Å². The van der Waals surface area contributed by atoms with E-state index in [0.29, 0.717) is 31.3 Å². The van der Waals surface area contributed by atoms with Gasteiger partial charge in [0, 0.05) is 26.4 Å². The zero-order valence-corrected chi connectivity index (χ0v) is 13.2. The molecule has 0 spiro atoms. The van der Waals surface area contributed by atoms with E-state index in [2.05, 4.69) is 20.6 Å². The van der Waals surface area contributed by atoms with E-state index >= 15 is 0 Å². The molecule has 0 aliphatic heterocycles. The first-order valence-electron chi connectivity index (χ1n) is 7.20. The van der Waals surface area contributed by atoms with E-state index in [1.54, 1.807) is 26.5 Å². The summed E-state index contributed by atoms with van der Waals surface area (Å²) in [4.78, 5) is 20.2. The third-order valence-electron chi connectivity index (χ3n) is 3.09. The van der Waals surface area contributed by atoms with Crippen LogP contribution in [0.4, 0.5) is 5.95 Å². The van der Waals surface area contributed by atoms with Gasteiger partial charge in [-0.1, -0.05) is 12.1 Å². The molecule has 0 saturated heterocycles. The van der Waals surface area contributed by atoms with Gasteiger partial charge in [-0.2, -0.15) is 0 Å². The molecule has 2 aromatic rings. The standard InChI is InChI=1S/C16H20N4O3/c1-22-10-9-17-15(21)14-7-8-18-16(20-14)19-11-12-3-5-13(23-2)6-4-12/h3-8H,9-11H2,1-2H3,(H,17,21)(H,18,19,20). The summed E-state index contributed by atoms with van der Waals surface area (Å²) >= 11 is 0. The average molecular weight is 316 g/mol. The van der Waals surface area contributed by atoms with Gasteiger partial charge in [-0.3, -0.25) is 4.79 Å². The van der Waals surface area contributed by atoms with Crippen molar-refractivity contribution in [3.63, 3.8) is 0 Å². The number of nitrogens with zero attached hydrogens (tertiary/aromatic N) is 2. The second kappa shape index (κ2) is 8.70. The number of amides is 1. The summed E-state index contributed by atoms with van der Waals surface area (Å²) in [5.41, 5.74) is 1.37. The van der Waals surface area contributed by atoms with Crippen molar-refractivity contribution in [3.05, 3.63) is 47.8 Å². The number of hydrogen-bond acceptors (Lipinski definition) is 6. The van der Waals surface area contributed by atoms with Crippen LogP contribution in [0, 0.1) is 0 Å². The van der Waals surface area contributed by atoms with Crippen LogP contribution in [-0.2, 0) is 11.3 Å². The van der Waals surface area contributed by atoms with Gasteiger partial charge in [0.05, 0.1) is 13.7 Å². The molecule has 0 radical (unpaired) electrons. The lowest BCUT2D eigenvalue weighted by Crippen LogP contribution is -2.28. The highest BCUT2D eigenvalue weighted by molar-refractivity contribution is 5.92. The van der Waals surface area contributed by atoms with Crippen LogP contribution in [0.3, 0.4) is 0 Å². The van der Waals surface area contributed by atoms with Crippen LogP contribution < -0.4 is 15.4 Å². The Labute approximate surface area is 135 Å². The molecule has 1 heterocycles. The van der Waals surface area contributed by atoms with Crippen LogP contribution in [0.2, 0.25) is 0 Å². The summed E-state index contributed by atoms with van der Waals surface area (Å²) in [7, 11) is 3.21. The van der Waals surface area contributed by atoms with Crippen LogP contribution in [0.15, 0.2) is 36.5 Å². The second-order valence-corrected chi connectivity index (χ2v) is 4.72. The lowest BCUT2D eigenvalue weighted by atomic mass is 10.2. The Kier molecular flexibility index (Phi) is 6.31. The topological polar surface area (TPSA) is 85.4 Å². The predicted molar refractivity (Wildman–Crippen MR) is 86.6 cm³/mol. The van der Waals surface area contributed by atoms with Crippen LogP contribution in [0.5, 0.6) is 5.75 Å². The molecule has 2 N–H and O–H groups in total. The molecule has 0 unspecified atom stereocenters. The third kappa shape index (κ3) is 5.23. The van der Waals surface area contributed by atoms with Crippen LogP contribution in [0.1, 0.15) is 16.1 Å². The smallest absolute Gasteiger partial charge is 0.270 e. The zero-order valence-electron chi connectivity index (χ0n) is 13.2. The maximum absolute atomic E-state index is 11.9. The monoisotopic (exact) mass is 316 g/mol. The third-order valence-corrected chi connectivity index (χ3v) is 3.09. The van der Waals surface area contributed by atoms with Crippen molar-refractivity contribution in [2.75, 3.05) is 32.7 Å². The lowest BCUT2D eigenvalue weighted by Gasteiger charge is -2.08. The van der Waals surface area contributed by atoms with Crippen LogP contribution in [-0.4, -0.2) is 43.2 Å². The van der Waals surface area contributed by atoms with Gasteiger partial charge in [-0.25, -0.2) is 9.97 Å². The molecule has 0 bridgehead atoms. The number of carbonyl (C=O) groups is 1. The fourth-order valence-corrected chi connectivity index (χ4v) is 1.85. The Bertz CT molecular complexity index is 631. The van der Waals surface area contributed by atoms with Crippen molar-refractivity contribution in [3.8, 4) is 5.75 Å². The van der Waals surface area contributed by atoms with Gasteiger partial charge in [0.1, 0.15) is 11.4 Å². The Hall–Kier alpha value is -2.67. The molecule has 1 aromatic heterocycles. The normalized spacial score (nSPS) is 10.2. The van der Waals surface area contributed by atoms with Gasteiger partial charge in [0.25, 0.3) is 5.91 Å². The van der Waals surface area contributed by atoms with E-state index in [0.717, 1.165) is 11.3 Å². The molecule has 1 amide bonds. The number of benzene rings is 1. The van der Waals surface area contributed by atoms with Gasteiger partial charge >= 0.3 is 0 Å². The minimum atomic E-state index is -0.253. The maximum atomic E-state index is 11.9. The Morgan fingerprint density at radius 2 is 1.96 bits per heavy atom. The molecule has 7 nitrogen and oxygen atoms in total. The highest BCUT2D eigenvalue weighted by Crippen LogP contribution is 2.12. The summed E-state index contributed by atoms with van der Waals surface area (Å²) in [6, 6.07) is 9.25. The van der Waals surface area contributed by atoms with Gasteiger partial charge < -0.3 is 20.1 Å². The number of anilines is 1. The van der Waals surface area contributed by atoms with Crippen molar-refractivity contribution in [2.24, 2.45) is 0 Å². The molecule has 2 rings (SSSR count). The first-order chi connectivity index (χ1) is 11.2. The number of aromatic nitrogens is 2. The fraction of sp³-hybridized carbons (Fsp3) is 0.312. The highest BCUT2D eigenvalue weighted by Gasteiger charge is 2.08. The van der Waals surface area contributed by atoms with E-state index in [1.165, 1.54) is 0 Å². The first-order valence-corrected chi connectivity index (χ1v) is 7.20. The van der Waals surface area contributed by atoms with Gasteiger partial charge in [-0.05, 0) is 23.8 Å². The molecule has 122 valence electrons. The number of methoxy groups -OCH3 is 2. The van der Waals surface area contributed by atoms with E-state index in [1.807, 2.05) is 24.3 Å². The number of ether oxygens (including phenoxy) is 2. The SMILES string of the molecule is COCCNC(=O)c1ccnc(NCc2ccc(OC)cc2)n1. The molecule has 1 aromatic carbocycles. The van der Waals surface area contributed by atoms with Crippen LogP contribution in [0.25, 0.3) is 0 Å². The molecular formula is C16H20N4O3. The number of carbonyl (C=O) groups excluding carboxylic acids is 1. The second-order valence-electron chi connectivity index (χ2n) is 4.72. The Morgan fingerprint density at radius 1 is 1.17 bits per heavy atom. The number of hydrogen-bond donors (Lipinski definition) is 2. The molecule has 0 fully saturated rings. The molecule has 0 aliphatic carbocycles. The van der Waals surface area contributed by atoms with E-state index in [-0.39, 0.29) is 5.91 Å². The lowest BCUT2D eigenvalue weighted by molar-refractivity contribution is 0.0932. The molecule has 0 aliphatic rings. The zero-order chi connectivity index (χ0) is 16.5. The molecule has 7 heteroatoms. The summed E-state index contributed by atoms with van der Waals surface area (Å²) in [6.07, 6.45) is 1.55. The van der Waals surface area contributed by atoms with E-state index in [9.17, 15) is 4.79 Å². The summed E-state index contributed by atoms with van der Waals surface area (Å²) in [6.45, 7) is 1.45.